The van der Waals surface area contributed by atoms with Crippen molar-refractivity contribution in [1.82, 2.24) is 9.78 Å². The fourth-order valence-corrected chi connectivity index (χ4v) is 2.79. The van der Waals surface area contributed by atoms with Gasteiger partial charge in [0, 0.05) is 11.1 Å². The quantitative estimate of drug-likeness (QED) is 0.582. The number of carbonyl (C=O) groups is 2. The highest BCUT2D eigenvalue weighted by atomic mass is 35.5. The molecule has 0 amide bonds. The number of hydrogen-bond acceptors (Lipinski definition) is 5. The number of rotatable bonds is 5. The molecule has 0 radical (unpaired) electrons. The molecule has 0 aliphatic rings. The molecule has 3 rings (SSSR count). The van der Waals surface area contributed by atoms with E-state index < -0.39 is 11.9 Å². The van der Waals surface area contributed by atoms with Crippen LogP contribution < -0.4 is 4.74 Å². The fourth-order valence-electron chi connectivity index (χ4n) is 2.30. The lowest BCUT2D eigenvalue weighted by molar-refractivity contribution is 0.0518. The van der Waals surface area contributed by atoms with Gasteiger partial charge in [-0.15, -0.1) is 0 Å². The molecular formula is C19H14Cl2N2O4. The van der Waals surface area contributed by atoms with Crippen LogP contribution in [0.4, 0.5) is 0 Å². The second-order valence-electron chi connectivity index (χ2n) is 5.35. The number of carbonyl (C=O) groups excluding carboxylic acids is 2. The molecule has 0 atom stereocenters. The van der Waals surface area contributed by atoms with Crippen LogP contribution in [0.5, 0.6) is 5.88 Å². The summed E-state index contributed by atoms with van der Waals surface area (Å²) in [5.41, 5.74) is 0.767. The molecule has 0 unspecified atom stereocenters. The predicted molar refractivity (Wildman–Crippen MR) is 101 cm³/mol. The van der Waals surface area contributed by atoms with Crippen molar-refractivity contribution in [2.45, 2.75) is 6.92 Å². The molecule has 0 aliphatic carbocycles. The molecule has 0 saturated carbocycles. The van der Waals surface area contributed by atoms with Gasteiger partial charge in [-0.1, -0.05) is 41.4 Å². The van der Waals surface area contributed by atoms with Gasteiger partial charge in [0.25, 0.3) is 0 Å². The third-order valence-corrected chi connectivity index (χ3v) is 4.06. The van der Waals surface area contributed by atoms with Crippen molar-refractivity contribution in [3.05, 3.63) is 75.9 Å². The molecule has 8 heteroatoms. The molecule has 0 bridgehead atoms. The first-order chi connectivity index (χ1) is 13.0. The summed E-state index contributed by atoms with van der Waals surface area (Å²) in [7, 11) is 0. The van der Waals surface area contributed by atoms with Crippen LogP contribution in [0.1, 0.15) is 27.8 Å². The predicted octanol–water partition coefficient (Wildman–Crippen LogP) is 4.58. The zero-order chi connectivity index (χ0) is 19.4. The lowest BCUT2D eigenvalue weighted by atomic mass is 10.2. The molecule has 0 fully saturated rings. The molecule has 0 saturated heterocycles. The first-order valence-electron chi connectivity index (χ1n) is 7.99. The molecule has 6 nitrogen and oxygen atoms in total. The van der Waals surface area contributed by atoms with Crippen LogP contribution in [0.2, 0.25) is 10.0 Å². The number of hydrogen-bond donors (Lipinski definition) is 0. The first-order valence-corrected chi connectivity index (χ1v) is 8.75. The molecule has 138 valence electrons. The Morgan fingerprint density at radius 1 is 1.04 bits per heavy atom. The zero-order valence-electron chi connectivity index (χ0n) is 14.2. The molecule has 0 spiro atoms. The van der Waals surface area contributed by atoms with Crippen molar-refractivity contribution in [3.63, 3.8) is 0 Å². The highest BCUT2D eigenvalue weighted by Gasteiger charge is 2.21. The lowest BCUT2D eigenvalue weighted by Crippen LogP contribution is -2.12. The van der Waals surface area contributed by atoms with Crippen molar-refractivity contribution in [2.24, 2.45) is 0 Å². The molecule has 2 aromatic carbocycles. The maximum absolute atomic E-state index is 12.5. The van der Waals surface area contributed by atoms with E-state index in [1.54, 1.807) is 31.2 Å². The number of halogens is 2. The SMILES string of the molecule is CCOC(=O)c1cc(OC(=O)c2ccc(Cl)cc2Cl)n(-c2ccccc2)n1. The standard InChI is InChI=1S/C19H14Cl2N2O4/c1-2-26-19(25)16-11-17(23(22-16)13-6-4-3-5-7-13)27-18(24)14-9-8-12(20)10-15(14)21/h3-11H,2H2,1H3. The number of nitrogens with zero attached hydrogens (tertiary/aromatic N) is 2. The Morgan fingerprint density at radius 2 is 1.78 bits per heavy atom. The number of aromatic nitrogens is 2. The van der Waals surface area contributed by atoms with E-state index in [0.717, 1.165) is 0 Å². The maximum atomic E-state index is 12.5. The van der Waals surface area contributed by atoms with Crippen molar-refractivity contribution in [1.29, 1.82) is 0 Å². The Hall–Kier alpha value is -2.83. The van der Waals surface area contributed by atoms with E-state index >= 15 is 0 Å². The van der Waals surface area contributed by atoms with Gasteiger partial charge in [0.05, 0.1) is 22.9 Å². The summed E-state index contributed by atoms with van der Waals surface area (Å²) in [5, 5.41) is 4.75. The minimum Gasteiger partial charge on any atom is -0.461 e. The van der Waals surface area contributed by atoms with Gasteiger partial charge in [0.15, 0.2) is 5.69 Å². The Morgan fingerprint density at radius 3 is 2.44 bits per heavy atom. The summed E-state index contributed by atoms with van der Waals surface area (Å²) in [6.07, 6.45) is 0. The lowest BCUT2D eigenvalue weighted by Gasteiger charge is -2.08. The Labute approximate surface area is 165 Å². The molecule has 1 aromatic heterocycles. The molecule has 0 N–H and O–H groups in total. The maximum Gasteiger partial charge on any atom is 0.358 e. The van der Waals surface area contributed by atoms with Gasteiger partial charge in [0.1, 0.15) is 0 Å². The van der Waals surface area contributed by atoms with Gasteiger partial charge in [-0.2, -0.15) is 9.78 Å². The minimum atomic E-state index is -0.704. The van der Waals surface area contributed by atoms with Crippen LogP contribution >= 0.6 is 23.2 Å². The topological polar surface area (TPSA) is 70.4 Å². The van der Waals surface area contributed by atoms with E-state index in [1.807, 2.05) is 6.07 Å². The van der Waals surface area contributed by atoms with Crippen LogP contribution in [-0.2, 0) is 4.74 Å². The summed E-state index contributed by atoms with van der Waals surface area (Å²) in [5.74, 6) is -1.27. The average molecular weight is 405 g/mol. The molecule has 0 aliphatic heterocycles. The van der Waals surface area contributed by atoms with Crippen LogP contribution in [0.15, 0.2) is 54.6 Å². The summed E-state index contributed by atoms with van der Waals surface area (Å²) >= 11 is 11.9. The van der Waals surface area contributed by atoms with Crippen molar-refractivity contribution in [3.8, 4) is 11.6 Å². The summed E-state index contributed by atoms with van der Waals surface area (Å²) in [6, 6.07) is 14.7. The number of para-hydroxylation sites is 1. The van der Waals surface area contributed by atoms with E-state index in [1.165, 1.54) is 28.9 Å². The van der Waals surface area contributed by atoms with Gasteiger partial charge in [-0.3, -0.25) is 0 Å². The highest BCUT2D eigenvalue weighted by Crippen LogP contribution is 2.25. The second kappa shape index (κ2) is 8.24. The van der Waals surface area contributed by atoms with E-state index in [0.29, 0.717) is 10.7 Å². The second-order valence-corrected chi connectivity index (χ2v) is 6.19. The largest absolute Gasteiger partial charge is 0.461 e. The Balaban J connectivity index is 1.97. The zero-order valence-corrected chi connectivity index (χ0v) is 15.7. The molecular weight excluding hydrogens is 391 g/mol. The fraction of sp³-hybridized carbons (Fsp3) is 0.105. The minimum absolute atomic E-state index is 0.0192. The normalized spacial score (nSPS) is 10.5. The van der Waals surface area contributed by atoms with Gasteiger partial charge >= 0.3 is 11.9 Å². The van der Waals surface area contributed by atoms with Crippen molar-refractivity contribution in [2.75, 3.05) is 6.61 Å². The van der Waals surface area contributed by atoms with Crippen molar-refractivity contribution < 1.29 is 19.1 Å². The first kappa shape index (κ1) is 18.9. The monoisotopic (exact) mass is 404 g/mol. The van der Waals surface area contributed by atoms with E-state index in [9.17, 15) is 9.59 Å². The smallest absolute Gasteiger partial charge is 0.358 e. The summed E-state index contributed by atoms with van der Waals surface area (Å²) in [4.78, 5) is 24.5. The highest BCUT2D eigenvalue weighted by molar-refractivity contribution is 6.36. The summed E-state index contributed by atoms with van der Waals surface area (Å²) < 4.78 is 11.7. The van der Waals surface area contributed by atoms with Gasteiger partial charge < -0.3 is 9.47 Å². The number of benzene rings is 2. The molecule has 3 aromatic rings. The van der Waals surface area contributed by atoms with Gasteiger partial charge in [0.2, 0.25) is 5.88 Å². The number of ether oxygens (including phenoxy) is 2. The number of esters is 2. The third-order valence-electron chi connectivity index (χ3n) is 3.51. The summed E-state index contributed by atoms with van der Waals surface area (Å²) in [6.45, 7) is 1.89. The van der Waals surface area contributed by atoms with Crippen LogP contribution in [0, 0.1) is 0 Å². The average Bonchev–Trinajstić information content (AvgIpc) is 3.06. The van der Waals surface area contributed by atoms with E-state index in [2.05, 4.69) is 5.10 Å². The van der Waals surface area contributed by atoms with Crippen LogP contribution in [0.3, 0.4) is 0 Å². The Bertz CT molecular complexity index is 987. The van der Waals surface area contributed by atoms with E-state index in [4.69, 9.17) is 32.7 Å². The van der Waals surface area contributed by atoms with E-state index in [-0.39, 0.29) is 28.8 Å². The van der Waals surface area contributed by atoms with Crippen molar-refractivity contribution >= 4 is 35.1 Å². The van der Waals surface area contributed by atoms with Crippen LogP contribution in [0.25, 0.3) is 5.69 Å². The molecule has 1 heterocycles. The van der Waals surface area contributed by atoms with Gasteiger partial charge in [-0.05, 0) is 37.3 Å². The molecule has 27 heavy (non-hydrogen) atoms. The Kier molecular flexibility index (Phi) is 5.78. The van der Waals surface area contributed by atoms with Gasteiger partial charge in [-0.25, -0.2) is 9.59 Å². The third kappa shape index (κ3) is 4.30. The van der Waals surface area contributed by atoms with Crippen LogP contribution in [-0.4, -0.2) is 28.3 Å².